The summed E-state index contributed by atoms with van der Waals surface area (Å²) in [5.74, 6) is 0. The molecule has 0 spiro atoms. The SMILES string of the molecule is S=C(NC1CCCCC1)N1CCCC1. The Hall–Kier alpha value is -0.310. The van der Waals surface area contributed by atoms with Crippen LogP contribution in [0.5, 0.6) is 0 Å². The van der Waals surface area contributed by atoms with Crippen LogP contribution < -0.4 is 5.32 Å². The molecule has 0 aromatic carbocycles. The molecular weight excluding hydrogens is 192 g/mol. The molecule has 80 valence electrons. The highest BCUT2D eigenvalue weighted by Gasteiger charge is 2.19. The molecule has 2 fully saturated rings. The van der Waals surface area contributed by atoms with Gasteiger partial charge in [0.05, 0.1) is 0 Å². The first kappa shape index (κ1) is 10.2. The lowest BCUT2D eigenvalue weighted by Crippen LogP contribution is -2.44. The van der Waals surface area contributed by atoms with E-state index in [0.717, 1.165) is 5.11 Å². The zero-order chi connectivity index (χ0) is 9.80. The molecule has 2 rings (SSSR count). The Morgan fingerprint density at radius 1 is 1.00 bits per heavy atom. The third-order valence-electron chi connectivity index (χ3n) is 3.33. The van der Waals surface area contributed by atoms with E-state index in [4.69, 9.17) is 12.2 Å². The molecular formula is C11H20N2S. The third kappa shape index (κ3) is 2.59. The summed E-state index contributed by atoms with van der Waals surface area (Å²) in [5, 5.41) is 4.53. The van der Waals surface area contributed by atoms with Gasteiger partial charge < -0.3 is 10.2 Å². The zero-order valence-corrected chi connectivity index (χ0v) is 9.61. The van der Waals surface area contributed by atoms with Gasteiger partial charge in [0.25, 0.3) is 0 Å². The predicted octanol–water partition coefficient (Wildman–Crippen LogP) is 2.29. The van der Waals surface area contributed by atoms with Gasteiger partial charge in [-0.3, -0.25) is 0 Å². The van der Waals surface area contributed by atoms with Gasteiger partial charge in [-0.05, 0) is 37.9 Å². The van der Waals surface area contributed by atoms with Gasteiger partial charge in [0.2, 0.25) is 0 Å². The molecule has 2 nitrogen and oxygen atoms in total. The lowest BCUT2D eigenvalue weighted by Gasteiger charge is -2.28. The summed E-state index contributed by atoms with van der Waals surface area (Å²) in [4.78, 5) is 2.32. The Kier molecular flexibility index (Phi) is 3.62. The number of hydrogen-bond acceptors (Lipinski definition) is 1. The second-order valence-electron chi connectivity index (χ2n) is 4.48. The molecule has 0 amide bonds. The summed E-state index contributed by atoms with van der Waals surface area (Å²) in [6, 6.07) is 0.664. The lowest BCUT2D eigenvalue weighted by atomic mass is 9.96. The van der Waals surface area contributed by atoms with Gasteiger partial charge in [0.1, 0.15) is 0 Å². The van der Waals surface area contributed by atoms with Crippen LogP contribution in [0.1, 0.15) is 44.9 Å². The van der Waals surface area contributed by atoms with E-state index in [1.165, 1.54) is 58.0 Å². The molecule has 0 aromatic rings. The Morgan fingerprint density at radius 3 is 2.29 bits per heavy atom. The van der Waals surface area contributed by atoms with Gasteiger partial charge in [-0.1, -0.05) is 19.3 Å². The van der Waals surface area contributed by atoms with E-state index in [-0.39, 0.29) is 0 Å². The van der Waals surface area contributed by atoms with Gasteiger partial charge in [-0.2, -0.15) is 0 Å². The van der Waals surface area contributed by atoms with Gasteiger partial charge >= 0.3 is 0 Å². The molecule has 1 saturated heterocycles. The second kappa shape index (κ2) is 4.96. The number of likely N-dealkylation sites (tertiary alicyclic amines) is 1. The van der Waals surface area contributed by atoms with E-state index in [1.54, 1.807) is 0 Å². The highest BCUT2D eigenvalue weighted by atomic mass is 32.1. The van der Waals surface area contributed by atoms with Crippen molar-refractivity contribution in [2.75, 3.05) is 13.1 Å². The summed E-state index contributed by atoms with van der Waals surface area (Å²) < 4.78 is 0. The Morgan fingerprint density at radius 2 is 1.64 bits per heavy atom. The van der Waals surface area contributed by atoms with Gasteiger partial charge in [0, 0.05) is 19.1 Å². The van der Waals surface area contributed by atoms with Crippen LogP contribution in [0.2, 0.25) is 0 Å². The highest BCUT2D eigenvalue weighted by molar-refractivity contribution is 7.80. The molecule has 0 radical (unpaired) electrons. The number of rotatable bonds is 1. The van der Waals surface area contributed by atoms with Crippen LogP contribution in [0.3, 0.4) is 0 Å². The maximum atomic E-state index is 5.41. The number of nitrogens with zero attached hydrogens (tertiary/aromatic N) is 1. The molecule has 0 bridgehead atoms. The molecule has 0 aromatic heterocycles. The lowest BCUT2D eigenvalue weighted by molar-refractivity contribution is 0.395. The van der Waals surface area contributed by atoms with Crippen LogP contribution in [-0.2, 0) is 0 Å². The Labute approximate surface area is 92.0 Å². The first-order valence-electron chi connectivity index (χ1n) is 5.92. The normalized spacial score (nSPS) is 23.9. The van der Waals surface area contributed by atoms with Crippen molar-refractivity contribution in [2.24, 2.45) is 0 Å². The van der Waals surface area contributed by atoms with Crippen LogP contribution in [-0.4, -0.2) is 29.1 Å². The molecule has 0 unspecified atom stereocenters. The summed E-state index contributed by atoms with van der Waals surface area (Å²) in [7, 11) is 0. The predicted molar refractivity (Wildman–Crippen MR) is 63.4 cm³/mol. The monoisotopic (exact) mass is 212 g/mol. The van der Waals surface area contributed by atoms with Crippen molar-refractivity contribution >= 4 is 17.3 Å². The first-order chi connectivity index (χ1) is 6.86. The van der Waals surface area contributed by atoms with E-state index in [9.17, 15) is 0 Å². The van der Waals surface area contributed by atoms with Gasteiger partial charge in [0.15, 0.2) is 5.11 Å². The van der Waals surface area contributed by atoms with E-state index in [0.29, 0.717) is 6.04 Å². The van der Waals surface area contributed by atoms with Crippen molar-refractivity contribution in [1.82, 2.24) is 10.2 Å². The van der Waals surface area contributed by atoms with Crippen molar-refractivity contribution in [1.29, 1.82) is 0 Å². The summed E-state index contributed by atoms with van der Waals surface area (Å²) in [6.07, 6.45) is 9.41. The molecule has 2 aliphatic rings. The Balaban J connectivity index is 1.75. The fourth-order valence-corrected chi connectivity index (χ4v) is 2.78. The number of thiocarbonyl (C=S) groups is 1. The standard InChI is InChI=1S/C11H20N2S/c14-11(13-8-4-5-9-13)12-10-6-2-1-3-7-10/h10H,1-9H2,(H,12,14). The summed E-state index contributed by atoms with van der Waals surface area (Å²) in [5.41, 5.74) is 0. The zero-order valence-electron chi connectivity index (χ0n) is 8.80. The van der Waals surface area contributed by atoms with E-state index >= 15 is 0 Å². The topological polar surface area (TPSA) is 15.3 Å². The maximum Gasteiger partial charge on any atom is 0.169 e. The number of nitrogens with one attached hydrogen (secondary N) is 1. The fraction of sp³-hybridized carbons (Fsp3) is 0.909. The minimum Gasteiger partial charge on any atom is -0.360 e. The quantitative estimate of drug-likeness (QED) is 0.671. The van der Waals surface area contributed by atoms with Crippen molar-refractivity contribution in [3.8, 4) is 0 Å². The van der Waals surface area contributed by atoms with Crippen molar-refractivity contribution < 1.29 is 0 Å². The van der Waals surface area contributed by atoms with Gasteiger partial charge in [-0.25, -0.2) is 0 Å². The van der Waals surface area contributed by atoms with Gasteiger partial charge in [-0.15, -0.1) is 0 Å². The number of hydrogen-bond donors (Lipinski definition) is 1. The molecule has 0 atom stereocenters. The average Bonchev–Trinajstić information content (AvgIpc) is 2.72. The van der Waals surface area contributed by atoms with Crippen LogP contribution in [0.15, 0.2) is 0 Å². The minimum absolute atomic E-state index is 0.664. The maximum absolute atomic E-state index is 5.41. The molecule has 1 heterocycles. The molecule has 1 aliphatic carbocycles. The molecule has 1 aliphatic heterocycles. The summed E-state index contributed by atoms with van der Waals surface area (Å²) in [6.45, 7) is 2.33. The van der Waals surface area contributed by atoms with E-state index in [1.807, 2.05) is 0 Å². The van der Waals surface area contributed by atoms with Crippen molar-refractivity contribution in [3.05, 3.63) is 0 Å². The van der Waals surface area contributed by atoms with Crippen LogP contribution in [0.25, 0.3) is 0 Å². The van der Waals surface area contributed by atoms with E-state index in [2.05, 4.69) is 10.2 Å². The molecule has 14 heavy (non-hydrogen) atoms. The highest BCUT2D eigenvalue weighted by Crippen LogP contribution is 2.18. The second-order valence-corrected chi connectivity index (χ2v) is 4.87. The molecule has 1 saturated carbocycles. The van der Waals surface area contributed by atoms with Crippen LogP contribution in [0.4, 0.5) is 0 Å². The molecule has 1 N–H and O–H groups in total. The first-order valence-corrected chi connectivity index (χ1v) is 6.32. The summed E-state index contributed by atoms with van der Waals surface area (Å²) >= 11 is 5.41. The third-order valence-corrected chi connectivity index (χ3v) is 3.70. The molecule has 3 heteroatoms. The van der Waals surface area contributed by atoms with Crippen LogP contribution >= 0.6 is 12.2 Å². The Bertz CT molecular complexity index is 193. The average molecular weight is 212 g/mol. The van der Waals surface area contributed by atoms with Crippen molar-refractivity contribution in [3.63, 3.8) is 0 Å². The smallest absolute Gasteiger partial charge is 0.169 e. The minimum atomic E-state index is 0.664. The van der Waals surface area contributed by atoms with Crippen LogP contribution in [0, 0.1) is 0 Å². The fourth-order valence-electron chi connectivity index (χ4n) is 2.43. The largest absolute Gasteiger partial charge is 0.360 e. The van der Waals surface area contributed by atoms with E-state index < -0.39 is 0 Å². The van der Waals surface area contributed by atoms with Crippen molar-refractivity contribution in [2.45, 2.75) is 51.0 Å².